The van der Waals surface area contributed by atoms with E-state index in [1.54, 1.807) is 20.2 Å². The van der Waals surface area contributed by atoms with Gasteiger partial charge in [-0.05, 0) is 26.0 Å². The molecule has 1 aromatic rings. The minimum Gasteiger partial charge on any atom is -0.505 e. The molecule has 1 aliphatic heterocycles. The van der Waals surface area contributed by atoms with E-state index in [0.29, 0.717) is 0 Å². The minimum absolute atomic E-state index is 0.00143. The van der Waals surface area contributed by atoms with Gasteiger partial charge in [0.15, 0.2) is 5.75 Å². The third-order valence-electron chi connectivity index (χ3n) is 3.30. The fourth-order valence-corrected chi connectivity index (χ4v) is 2.19. The molecule has 0 spiro atoms. The Balaban J connectivity index is 2.41. The third-order valence-corrected chi connectivity index (χ3v) is 3.30. The lowest BCUT2D eigenvalue weighted by Gasteiger charge is -2.15. The van der Waals surface area contributed by atoms with Crippen LogP contribution in [0.4, 0.5) is 5.69 Å². The zero-order valence-electron chi connectivity index (χ0n) is 13.9. The average Bonchev–Trinajstić information content (AvgIpc) is 2.75. The number of rotatable bonds is 5. The van der Waals surface area contributed by atoms with E-state index in [2.05, 4.69) is 16.0 Å². The number of carbonyl (C=O) groups is 3. The molecular formula is C16H20N4O4. The van der Waals surface area contributed by atoms with Crippen LogP contribution in [0.3, 0.4) is 0 Å². The molecule has 0 aliphatic carbocycles. The van der Waals surface area contributed by atoms with Gasteiger partial charge in [-0.25, -0.2) is 0 Å². The maximum Gasteiger partial charge on any atom is 0.276 e. The second kappa shape index (κ2) is 6.61. The number of hydrogen-bond donors (Lipinski definition) is 4. The number of aromatic hydroxyl groups is 1. The smallest absolute Gasteiger partial charge is 0.276 e. The second-order valence-electron chi connectivity index (χ2n) is 5.86. The van der Waals surface area contributed by atoms with Gasteiger partial charge >= 0.3 is 0 Å². The first-order valence-corrected chi connectivity index (χ1v) is 7.39. The van der Waals surface area contributed by atoms with Crippen LogP contribution < -0.4 is 16.0 Å². The van der Waals surface area contributed by atoms with Crippen LogP contribution in [-0.2, 0) is 9.59 Å². The molecule has 4 N–H and O–H groups in total. The second-order valence-corrected chi connectivity index (χ2v) is 5.86. The van der Waals surface area contributed by atoms with Gasteiger partial charge in [0.25, 0.3) is 17.7 Å². The zero-order chi connectivity index (χ0) is 18.0. The molecule has 0 bridgehead atoms. The van der Waals surface area contributed by atoms with E-state index in [1.165, 1.54) is 17.0 Å². The summed E-state index contributed by atoms with van der Waals surface area (Å²) in [7, 11) is 3.14. The van der Waals surface area contributed by atoms with Crippen molar-refractivity contribution in [1.29, 1.82) is 0 Å². The molecule has 8 heteroatoms. The summed E-state index contributed by atoms with van der Waals surface area (Å²) >= 11 is 0. The van der Waals surface area contributed by atoms with E-state index >= 15 is 0 Å². The van der Waals surface area contributed by atoms with Gasteiger partial charge in [0.1, 0.15) is 11.4 Å². The topological polar surface area (TPSA) is 111 Å². The van der Waals surface area contributed by atoms with Crippen LogP contribution in [0.25, 0.3) is 0 Å². The molecule has 3 amide bonds. The van der Waals surface area contributed by atoms with Crippen molar-refractivity contribution in [3.63, 3.8) is 0 Å². The number of amides is 3. The lowest BCUT2D eigenvalue weighted by molar-refractivity contribution is -0.124. The molecule has 0 fully saturated rings. The van der Waals surface area contributed by atoms with Gasteiger partial charge in [0.2, 0.25) is 0 Å². The average molecular weight is 332 g/mol. The number of nitrogens with zero attached hydrogens (tertiary/aromatic N) is 1. The standard InChI is InChI=1S/C16H20N4O4/c1-8(2)17-11-12(15(23)19-14(11)22)18-10-7-5-6-9(13(10)21)16(24)20(3)4/h5-8,21H,1-4H3,(H3,17,18,19,22,23). The summed E-state index contributed by atoms with van der Waals surface area (Å²) < 4.78 is 0. The molecule has 128 valence electrons. The Kier molecular flexibility index (Phi) is 4.77. The molecule has 1 aliphatic rings. The molecular weight excluding hydrogens is 312 g/mol. The number of phenols is 1. The molecule has 1 heterocycles. The van der Waals surface area contributed by atoms with E-state index in [1.807, 2.05) is 13.8 Å². The summed E-state index contributed by atoms with van der Waals surface area (Å²) in [6, 6.07) is 4.50. The van der Waals surface area contributed by atoms with Crippen LogP contribution >= 0.6 is 0 Å². The van der Waals surface area contributed by atoms with Crippen molar-refractivity contribution in [2.45, 2.75) is 19.9 Å². The maximum absolute atomic E-state index is 12.1. The number of hydrogen-bond acceptors (Lipinski definition) is 6. The fourth-order valence-electron chi connectivity index (χ4n) is 2.19. The number of nitrogens with one attached hydrogen (secondary N) is 3. The lowest BCUT2D eigenvalue weighted by Crippen LogP contribution is -2.30. The van der Waals surface area contributed by atoms with E-state index in [0.717, 1.165) is 0 Å². The molecule has 24 heavy (non-hydrogen) atoms. The van der Waals surface area contributed by atoms with Gasteiger partial charge < -0.3 is 20.6 Å². The number of imide groups is 1. The molecule has 0 saturated heterocycles. The van der Waals surface area contributed by atoms with Crippen LogP contribution in [0.2, 0.25) is 0 Å². The zero-order valence-corrected chi connectivity index (χ0v) is 13.9. The number of para-hydroxylation sites is 1. The Morgan fingerprint density at radius 3 is 2.38 bits per heavy atom. The molecule has 0 unspecified atom stereocenters. The maximum atomic E-state index is 12.1. The minimum atomic E-state index is -0.605. The monoisotopic (exact) mass is 332 g/mol. The van der Waals surface area contributed by atoms with Crippen molar-refractivity contribution in [1.82, 2.24) is 15.5 Å². The number of benzene rings is 1. The Bertz CT molecular complexity index is 738. The van der Waals surface area contributed by atoms with E-state index < -0.39 is 11.8 Å². The normalized spacial score (nSPS) is 14.0. The largest absolute Gasteiger partial charge is 0.505 e. The summed E-state index contributed by atoms with van der Waals surface area (Å²) in [6.07, 6.45) is 0. The van der Waals surface area contributed by atoms with Gasteiger partial charge in [0.05, 0.1) is 11.3 Å². The number of carbonyl (C=O) groups excluding carboxylic acids is 3. The first kappa shape index (κ1) is 17.3. The quantitative estimate of drug-likeness (QED) is 0.458. The first-order valence-electron chi connectivity index (χ1n) is 7.39. The highest BCUT2D eigenvalue weighted by Gasteiger charge is 2.31. The van der Waals surface area contributed by atoms with Gasteiger partial charge in [-0.3, -0.25) is 19.7 Å². The highest BCUT2D eigenvalue weighted by Crippen LogP contribution is 2.30. The van der Waals surface area contributed by atoms with Crippen molar-refractivity contribution in [3.05, 3.63) is 35.2 Å². The predicted molar refractivity (Wildman–Crippen MR) is 88.2 cm³/mol. The molecule has 0 radical (unpaired) electrons. The lowest BCUT2D eigenvalue weighted by atomic mass is 10.1. The van der Waals surface area contributed by atoms with Crippen LogP contribution in [-0.4, -0.2) is 47.9 Å². The summed E-state index contributed by atoms with van der Waals surface area (Å²) in [4.78, 5) is 37.2. The first-order chi connectivity index (χ1) is 11.2. The summed E-state index contributed by atoms with van der Waals surface area (Å²) in [5.41, 5.74) is 0.344. The fraction of sp³-hybridized carbons (Fsp3) is 0.312. The van der Waals surface area contributed by atoms with Gasteiger partial charge in [-0.2, -0.15) is 0 Å². The van der Waals surface area contributed by atoms with Crippen LogP contribution in [0.15, 0.2) is 29.6 Å². The van der Waals surface area contributed by atoms with E-state index in [-0.39, 0.29) is 40.3 Å². The van der Waals surface area contributed by atoms with Crippen LogP contribution in [0.5, 0.6) is 5.75 Å². The molecule has 0 saturated carbocycles. The molecule has 1 aromatic carbocycles. The van der Waals surface area contributed by atoms with Gasteiger partial charge in [-0.15, -0.1) is 0 Å². The highest BCUT2D eigenvalue weighted by atomic mass is 16.3. The van der Waals surface area contributed by atoms with Gasteiger partial charge in [0, 0.05) is 20.1 Å². The van der Waals surface area contributed by atoms with Crippen molar-refractivity contribution < 1.29 is 19.5 Å². The van der Waals surface area contributed by atoms with Gasteiger partial charge in [-0.1, -0.05) is 6.07 Å². The third kappa shape index (κ3) is 3.32. The van der Waals surface area contributed by atoms with E-state index in [9.17, 15) is 19.5 Å². The Morgan fingerprint density at radius 2 is 1.79 bits per heavy atom. The summed E-state index contributed by atoms with van der Waals surface area (Å²) in [5, 5.41) is 18.1. The predicted octanol–water partition coefficient (Wildman–Crippen LogP) is 0.372. The van der Waals surface area contributed by atoms with Crippen molar-refractivity contribution in [3.8, 4) is 5.75 Å². The number of anilines is 1. The van der Waals surface area contributed by atoms with Crippen molar-refractivity contribution in [2.24, 2.45) is 0 Å². The van der Waals surface area contributed by atoms with Crippen molar-refractivity contribution in [2.75, 3.05) is 19.4 Å². The Hall–Kier alpha value is -3.03. The van der Waals surface area contributed by atoms with Crippen molar-refractivity contribution >= 4 is 23.4 Å². The van der Waals surface area contributed by atoms with E-state index in [4.69, 9.17) is 0 Å². The SMILES string of the molecule is CC(C)NC1=C(Nc2cccc(C(=O)N(C)C)c2O)C(=O)NC1=O. The number of phenolic OH excluding ortho intramolecular Hbond substituents is 1. The summed E-state index contributed by atoms with van der Waals surface area (Å²) in [5.74, 6) is -1.82. The Labute approximate surface area is 139 Å². The molecule has 8 nitrogen and oxygen atoms in total. The summed E-state index contributed by atoms with van der Waals surface area (Å²) in [6.45, 7) is 3.66. The molecule has 0 aromatic heterocycles. The van der Waals surface area contributed by atoms with Crippen LogP contribution in [0, 0.1) is 0 Å². The molecule has 0 atom stereocenters. The molecule has 2 rings (SSSR count). The van der Waals surface area contributed by atoms with Crippen LogP contribution in [0.1, 0.15) is 24.2 Å². The highest BCUT2D eigenvalue weighted by molar-refractivity contribution is 6.20. The Morgan fingerprint density at radius 1 is 1.17 bits per heavy atom.